The minimum absolute atomic E-state index is 0.655. The van der Waals surface area contributed by atoms with E-state index in [0.29, 0.717) is 5.65 Å². The number of fused-ring (bicyclic) bond motifs is 1. The van der Waals surface area contributed by atoms with Crippen LogP contribution in [-0.2, 0) is 0 Å². The lowest BCUT2D eigenvalue weighted by molar-refractivity contribution is 0.839. The van der Waals surface area contributed by atoms with Crippen molar-refractivity contribution < 1.29 is 0 Å². The van der Waals surface area contributed by atoms with Gasteiger partial charge in [0.1, 0.15) is 5.82 Å². The lowest BCUT2D eigenvalue weighted by Gasteiger charge is -1.93. The SMILES string of the molecule is Cc1nc(C)c2cn(N)nc2n1. The van der Waals surface area contributed by atoms with Crippen molar-refractivity contribution >= 4 is 11.0 Å². The topological polar surface area (TPSA) is 69.6 Å². The molecule has 0 saturated carbocycles. The van der Waals surface area contributed by atoms with Crippen molar-refractivity contribution in [2.75, 3.05) is 5.84 Å². The van der Waals surface area contributed by atoms with Crippen LogP contribution in [0.2, 0.25) is 0 Å². The third-order valence-electron chi connectivity index (χ3n) is 1.70. The average Bonchev–Trinajstić information content (AvgIpc) is 2.29. The monoisotopic (exact) mass is 163 g/mol. The van der Waals surface area contributed by atoms with Crippen LogP contribution in [-0.4, -0.2) is 19.9 Å². The Labute approximate surface area is 69.2 Å². The number of aryl methyl sites for hydroxylation is 2. The molecule has 0 bridgehead atoms. The predicted molar refractivity (Wildman–Crippen MR) is 44.9 cm³/mol. The van der Waals surface area contributed by atoms with Crippen molar-refractivity contribution in [1.29, 1.82) is 0 Å². The third-order valence-corrected chi connectivity index (χ3v) is 1.70. The first-order chi connectivity index (χ1) is 5.66. The summed E-state index contributed by atoms with van der Waals surface area (Å²) in [6, 6.07) is 0. The molecular weight excluding hydrogens is 154 g/mol. The van der Waals surface area contributed by atoms with E-state index >= 15 is 0 Å². The molecule has 0 atom stereocenters. The van der Waals surface area contributed by atoms with Gasteiger partial charge in [0.2, 0.25) is 0 Å². The van der Waals surface area contributed by atoms with Crippen molar-refractivity contribution in [3.63, 3.8) is 0 Å². The van der Waals surface area contributed by atoms with Gasteiger partial charge in [0.25, 0.3) is 0 Å². The quantitative estimate of drug-likeness (QED) is 0.561. The molecule has 2 rings (SSSR count). The highest BCUT2D eigenvalue weighted by atomic mass is 15.5. The molecule has 0 aliphatic heterocycles. The van der Waals surface area contributed by atoms with E-state index in [9.17, 15) is 0 Å². The molecule has 0 unspecified atom stereocenters. The fourth-order valence-corrected chi connectivity index (χ4v) is 1.20. The first kappa shape index (κ1) is 7.02. The molecule has 0 aliphatic rings. The lowest BCUT2D eigenvalue weighted by Crippen LogP contribution is -2.07. The van der Waals surface area contributed by atoms with Gasteiger partial charge in [-0.3, -0.25) is 0 Å². The van der Waals surface area contributed by atoms with Gasteiger partial charge in [-0.15, -0.1) is 5.10 Å². The Kier molecular flexibility index (Phi) is 1.27. The summed E-state index contributed by atoms with van der Waals surface area (Å²) in [5, 5.41) is 4.88. The molecule has 0 spiro atoms. The lowest BCUT2D eigenvalue weighted by atomic mass is 10.3. The van der Waals surface area contributed by atoms with Gasteiger partial charge in [0, 0.05) is 0 Å². The van der Waals surface area contributed by atoms with Crippen molar-refractivity contribution in [2.45, 2.75) is 13.8 Å². The molecule has 2 aromatic rings. The smallest absolute Gasteiger partial charge is 0.186 e. The van der Waals surface area contributed by atoms with Crippen LogP contribution in [0.3, 0.4) is 0 Å². The van der Waals surface area contributed by atoms with Gasteiger partial charge in [0.15, 0.2) is 5.65 Å². The zero-order valence-corrected chi connectivity index (χ0v) is 6.94. The van der Waals surface area contributed by atoms with E-state index in [-0.39, 0.29) is 0 Å². The summed E-state index contributed by atoms with van der Waals surface area (Å²) in [5.74, 6) is 6.17. The maximum Gasteiger partial charge on any atom is 0.186 e. The van der Waals surface area contributed by atoms with Gasteiger partial charge in [0.05, 0.1) is 17.3 Å². The van der Waals surface area contributed by atoms with E-state index < -0.39 is 0 Å². The average molecular weight is 163 g/mol. The van der Waals surface area contributed by atoms with E-state index in [0.717, 1.165) is 16.9 Å². The van der Waals surface area contributed by atoms with Gasteiger partial charge in [-0.25, -0.2) is 9.97 Å². The number of hydrogen-bond donors (Lipinski definition) is 1. The Balaban J connectivity index is 2.88. The van der Waals surface area contributed by atoms with Gasteiger partial charge in [-0.05, 0) is 13.8 Å². The molecule has 0 fully saturated rings. The molecule has 5 heteroatoms. The standard InChI is InChI=1S/C7H9N5/c1-4-6-3-12(8)11-7(6)10-5(2)9-4/h3H,8H2,1-2H3. The van der Waals surface area contributed by atoms with Crippen molar-refractivity contribution in [2.24, 2.45) is 0 Å². The van der Waals surface area contributed by atoms with Crippen molar-refractivity contribution in [1.82, 2.24) is 19.9 Å². The Bertz CT molecular complexity index is 431. The zero-order chi connectivity index (χ0) is 8.72. The summed E-state index contributed by atoms with van der Waals surface area (Å²) in [7, 11) is 0. The molecule has 0 radical (unpaired) electrons. The van der Waals surface area contributed by atoms with E-state index in [1.165, 1.54) is 4.79 Å². The van der Waals surface area contributed by atoms with Gasteiger partial charge >= 0.3 is 0 Å². The second-order valence-corrected chi connectivity index (χ2v) is 2.70. The number of nitrogens with zero attached hydrogens (tertiary/aromatic N) is 4. The normalized spacial score (nSPS) is 10.8. The highest BCUT2D eigenvalue weighted by molar-refractivity contribution is 5.76. The van der Waals surface area contributed by atoms with Crippen LogP contribution in [0.5, 0.6) is 0 Å². The molecule has 12 heavy (non-hydrogen) atoms. The van der Waals surface area contributed by atoms with Crippen LogP contribution in [0, 0.1) is 13.8 Å². The highest BCUT2D eigenvalue weighted by Gasteiger charge is 2.04. The van der Waals surface area contributed by atoms with E-state index in [2.05, 4.69) is 15.1 Å². The second kappa shape index (κ2) is 2.17. The Morgan fingerprint density at radius 1 is 1.33 bits per heavy atom. The molecule has 2 aromatic heterocycles. The summed E-state index contributed by atoms with van der Waals surface area (Å²) in [6.45, 7) is 3.75. The number of aromatic nitrogens is 4. The molecule has 0 aromatic carbocycles. The number of rotatable bonds is 0. The summed E-state index contributed by atoms with van der Waals surface area (Å²) >= 11 is 0. The Hall–Kier alpha value is -1.65. The summed E-state index contributed by atoms with van der Waals surface area (Å²) in [4.78, 5) is 9.59. The van der Waals surface area contributed by atoms with Crippen LogP contribution in [0.25, 0.3) is 11.0 Å². The molecule has 5 nitrogen and oxygen atoms in total. The molecule has 0 saturated heterocycles. The van der Waals surface area contributed by atoms with Crippen LogP contribution in [0.15, 0.2) is 6.20 Å². The molecule has 0 amide bonds. The largest absolute Gasteiger partial charge is 0.323 e. The summed E-state index contributed by atoms with van der Waals surface area (Å²) in [5.41, 5.74) is 1.57. The minimum atomic E-state index is 0.655. The van der Waals surface area contributed by atoms with Crippen molar-refractivity contribution in [3.8, 4) is 0 Å². The zero-order valence-electron chi connectivity index (χ0n) is 6.94. The van der Waals surface area contributed by atoms with Crippen LogP contribution in [0.1, 0.15) is 11.5 Å². The Morgan fingerprint density at radius 2 is 2.08 bits per heavy atom. The molecule has 62 valence electrons. The van der Waals surface area contributed by atoms with Gasteiger partial charge in [-0.1, -0.05) is 0 Å². The number of nitrogens with two attached hydrogens (primary N) is 1. The van der Waals surface area contributed by atoms with Crippen LogP contribution in [0.4, 0.5) is 0 Å². The summed E-state index contributed by atoms with van der Waals surface area (Å²) < 4.78 is 0. The fraction of sp³-hybridized carbons (Fsp3) is 0.286. The third kappa shape index (κ3) is 0.903. The first-order valence-electron chi connectivity index (χ1n) is 3.62. The molecular formula is C7H9N5. The van der Waals surface area contributed by atoms with E-state index in [1.54, 1.807) is 6.20 Å². The predicted octanol–water partition coefficient (Wildman–Crippen LogP) is 0.157. The minimum Gasteiger partial charge on any atom is -0.323 e. The molecule has 0 aliphatic carbocycles. The van der Waals surface area contributed by atoms with Gasteiger partial charge in [-0.2, -0.15) is 4.79 Å². The van der Waals surface area contributed by atoms with Crippen LogP contribution < -0.4 is 5.84 Å². The van der Waals surface area contributed by atoms with E-state index in [1.807, 2.05) is 13.8 Å². The number of nitrogen functional groups attached to an aromatic ring is 1. The first-order valence-corrected chi connectivity index (χ1v) is 3.62. The van der Waals surface area contributed by atoms with Crippen molar-refractivity contribution in [3.05, 3.63) is 17.7 Å². The molecule has 2 N–H and O–H groups in total. The highest BCUT2D eigenvalue weighted by Crippen LogP contribution is 2.11. The number of hydrogen-bond acceptors (Lipinski definition) is 4. The van der Waals surface area contributed by atoms with E-state index in [4.69, 9.17) is 5.84 Å². The summed E-state index contributed by atoms with van der Waals surface area (Å²) in [6.07, 6.45) is 1.71. The molecule has 2 heterocycles. The second-order valence-electron chi connectivity index (χ2n) is 2.70. The maximum absolute atomic E-state index is 5.45. The Morgan fingerprint density at radius 3 is 2.83 bits per heavy atom. The van der Waals surface area contributed by atoms with Gasteiger partial charge < -0.3 is 5.84 Å². The maximum atomic E-state index is 5.45. The van der Waals surface area contributed by atoms with Crippen LogP contribution >= 0.6 is 0 Å². The fourth-order valence-electron chi connectivity index (χ4n) is 1.20.